The summed E-state index contributed by atoms with van der Waals surface area (Å²) in [6, 6.07) is 0.529. The second-order valence-corrected chi connectivity index (χ2v) is 5.10. The van der Waals surface area contributed by atoms with Crippen molar-refractivity contribution in [1.29, 1.82) is 0 Å². The second-order valence-electron chi connectivity index (χ2n) is 5.10. The molecule has 1 saturated carbocycles. The van der Waals surface area contributed by atoms with Gasteiger partial charge in [-0.25, -0.2) is 0 Å². The normalized spacial score (nSPS) is 20.3. The molecule has 2 heteroatoms. The zero-order valence-electron chi connectivity index (χ0n) is 11.1. The number of hydrogen-bond donors (Lipinski definition) is 0. The molecular formula is C14H25NO. The molecule has 2 nitrogen and oxygen atoms in total. The molecule has 0 aromatic carbocycles. The Bertz CT molecular complexity index is 255. The largest absolute Gasteiger partial charge is 0.300 e. The van der Waals surface area contributed by atoms with Crippen LogP contribution in [0.3, 0.4) is 0 Å². The predicted molar refractivity (Wildman–Crippen MR) is 68.4 cm³/mol. The van der Waals surface area contributed by atoms with Gasteiger partial charge >= 0.3 is 0 Å². The smallest absolute Gasteiger partial charge is 0.152 e. The summed E-state index contributed by atoms with van der Waals surface area (Å²) in [5, 5.41) is 0. The molecule has 1 aliphatic rings. The molecule has 92 valence electrons. The Morgan fingerprint density at radius 3 is 2.50 bits per heavy atom. The minimum atomic E-state index is 0.143. The lowest BCUT2D eigenvalue weighted by molar-refractivity contribution is -0.112. The van der Waals surface area contributed by atoms with E-state index >= 15 is 0 Å². The van der Waals surface area contributed by atoms with E-state index in [1.807, 2.05) is 6.08 Å². The average Bonchev–Trinajstić information content (AvgIpc) is 3.05. The fourth-order valence-corrected chi connectivity index (χ4v) is 2.00. The van der Waals surface area contributed by atoms with Gasteiger partial charge in [-0.2, -0.15) is 0 Å². The summed E-state index contributed by atoms with van der Waals surface area (Å²) in [6.45, 7) is 10.6. The third-order valence-electron chi connectivity index (χ3n) is 3.57. The molecule has 1 fully saturated rings. The van der Waals surface area contributed by atoms with E-state index in [9.17, 15) is 4.79 Å². The summed E-state index contributed by atoms with van der Waals surface area (Å²) in [6.07, 6.45) is 6.55. The summed E-state index contributed by atoms with van der Waals surface area (Å²) in [5.41, 5.74) is 0. The number of carbonyl (C=O) groups excluding carboxylic acids is 1. The van der Waals surface area contributed by atoms with Gasteiger partial charge < -0.3 is 4.90 Å². The lowest BCUT2D eigenvalue weighted by Crippen LogP contribution is -2.38. The van der Waals surface area contributed by atoms with Crippen LogP contribution in [-0.2, 0) is 4.79 Å². The molecule has 2 atom stereocenters. The molecule has 0 bridgehead atoms. The van der Waals surface area contributed by atoms with Crippen molar-refractivity contribution in [1.82, 2.24) is 4.90 Å². The first-order valence-electron chi connectivity index (χ1n) is 6.47. The Kier molecular flexibility index (Phi) is 5.20. The van der Waals surface area contributed by atoms with Gasteiger partial charge in [-0.15, -0.1) is 0 Å². The van der Waals surface area contributed by atoms with Crippen LogP contribution in [0.4, 0.5) is 0 Å². The zero-order valence-corrected chi connectivity index (χ0v) is 11.1. The van der Waals surface area contributed by atoms with E-state index in [0.29, 0.717) is 12.0 Å². The molecule has 0 saturated heterocycles. The Morgan fingerprint density at radius 2 is 2.06 bits per heavy atom. The van der Waals surface area contributed by atoms with Crippen molar-refractivity contribution < 1.29 is 4.79 Å². The van der Waals surface area contributed by atoms with Crippen molar-refractivity contribution in [3.05, 3.63) is 12.2 Å². The van der Waals surface area contributed by atoms with Gasteiger partial charge in [0.25, 0.3) is 0 Å². The lowest BCUT2D eigenvalue weighted by atomic mass is 10.0. The minimum absolute atomic E-state index is 0.143. The maximum atomic E-state index is 10.9. The first-order chi connectivity index (χ1) is 7.54. The van der Waals surface area contributed by atoms with Crippen LogP contribution in [0.5, 0.6) is 0 Å². The molecule has 0 aromatic heterocycles. The number of allylic oxidation sites excluding steroid dienone is 1. The van der Waals surface area contributed by atoms with Gasteiger partial charge in [-0.1, -0.05) is 19.9 Å². The van der Waals surface area contributed by atoms with E-state index in [1.54, 1.807) is 13.0 Å². The zero-order chi connectivity index (χ0) is 12.1. The molecule has 2 unspecified atom stereocenters. The Balaban J connectivity index is 2.44. The van der Waals surface area contributed by atoms with E-state index < -0.39 is 0 Å². The molecule has 0 radical (unpaired) electrons. The maximum Gasteiger partial charge on any atom is 0.152 e. The standard InChI is InChI=1S/C14H25NO/c1-5-15(10-14-8-9-14)13(4)11(2)6-7-12(3)16/h6-7,11,13-14H,5,8-10H2,1-4H3. The van der Waals surface area contributed by atoms with E-state index in [0.717, 1.165) is 12.5 Å². The highest BCUT2D eigenvalue weighted by Gasteiger charge is 2.26. The van der Waals surface area contributed by atoms with Gasteiger partial charge in [0.15, 0.2) is 5.78 Å². The first kappa shape index (κ1) is 13.4. The third-order valence-corrected chi connectivity index (χ3v) is 3.57. The molecule has 1 rings (SSSR count). The van der Waals surface area contributed by atoms with Gasteiger partial charge in [0.1, 0.15) is 0 Å². The van der Waals surface area contributed by atoms with Crippen molar-refractivity contribution in [3.63, 3.8) is 0 Å². The molecule has 0 heterocycles. The monoisotopic (exact) mass is 223 g/mol. The highest BCUT2D eigenvalue weighted by Crippen LogP contribution is 2.30. The Hall–Kier alpha value is -0.630. The minimum Gasteiger partial charge on any atom is -0.300 e. The number of hydrogen-bond acceptors (Lipinski definition) is 2. The van der Waals surface area contributed by atoms with Crippen LogP contribution >= 0.6 is 0 Å². The first-order valence-corrected chi connectivity index (χ1v) is 6.47. The third kappa shape index (κ3) is 4.48. The molecule has 1 aliphatic carbocycles. The van der Waals surface area contributed by atoms with Gasteiger partial charge in [0.2, 0.25) is 0 Å². The van der Waals surface area contributed by atoms with Crippen LogP contribution in [0.1, 0.15) is 40.5 Å². The quantitative estimate of drug-likeness (QED) is 0.619. The number of ketones is 1. The summed E-state index contributed by atoms with van der Waals surface area (Å²) in [4.78, 5) is 13.4. The highest BCUT2D eigenvalue weighted by atomic mass is 16.1. The van der Waals surface area contributed by atoms with Crippen LogP contribution in [0.15, 0.2) is 12.2 Å². The highest BCUT2D eigenvalue weighted by molar-refractivity contribution is 5.87. The van der Waals surface area contributed by atoms with E-state index in [-0.39, 0.29) is 5.78 Å². The van der Waals surface area contributed by atoms with Crippen molar-refractivity contribution in [3.8, 4) is 0 Å². The average molecular weight is 223 g/mol. The van der Waals surface area contributed by atoms with Gasteiger partial charge in [0, 0.05) is 12.6 Å². The van der Waals surface area contributed by atoms with Crippen molar-refractivity contribution >= 4 is 5.78 Å². The fraction of sp³-hybridized carbons (Fsp3) is 0.786. The second kappa shape index (κ2) is 6.19. The lowest BCUT2D eigenvalue weighted by Gasteiger charge is -2.31. The van der Waals surface area contributed by atoms with E-state index in [2.05, 4.69) is 25.7 Å². The molecule has 16 heavy (non-hydrogen) atoms. The number of rotatable bonds is 7. The van der Waals surface area contributed by atoms with Gasteiger partial charge in [-0.05, 0) is 51.1 Å². The maximum absolute atomic E-state index is 10.9. The number of nitrogens with zero attached hydrogens (tertiary/aromatic N) is 1. The summed E-state index contributed by atoms with van der Waals surface area (Å²) in [7, 11) is 0. The van der Waals surface area contributed by atoms with Crippen LogP contribution in [0.25, 0.3) is 0 Å². The summed E-state index contributed by atoms with van der Waals surface area (Å²) >= 11 is 0. The molecular weight excluding hydrogens is 198 g/mol. The SMILES string of the molecule is CCN(CC1CC1)C(C)C(C)C=CC(C)=O. The van der Waals surface area contributed by atoms with Gasteiger partial charge in [0.05, 0.1) is 0 Å². The summed E-state index contributed by atoms with van der Waals surface area (Å²) < 4.78 is 0. The van der Waals surface area contributed by atoms with Gasteiger partial charge in [-0.3, -0.25) is 4.79 Å². The Morgan fingerprint density at radius 1 is 1.44 bits per heavy atom. The fourth-order valence-electron chi connectivity index (χ4n) is 2.00. The molecule has 0 aromatic rings. The number of carbonyl (C=O) groups is 1. The predicted octanol–water partition coefficient (Wildman–Crippen LogP) is 2.89. The van der Waals surface area contributed by atoms with Crippen molar-refractivity contribution in [2.75, 3.05) is 13.1 Å². The van der Waals surface area contributed by atoms with E-state index in [4.69, 9.17) is 0 Å². The summed E-state index contributed by atoms with van der Waals surface area (Å²) in [5.74, 6) is 1.53. The van der Waals surface area contributed by atoms with E-state index in [1.165, 1.54) is 19.4 Å². The molecule has 0 amide bonds. The molecule has 0 N–H and O–H groups in total. The van der Waals surface area contributed by atoms with Crippen molar-refractivity contribution in [2.24, 2.45) is 11.8 Å². The van der Waals surface area contributed by atoms with Crippen LogP contribution < -0.4 is 0 Å². The molecule has 0 spiro atoms. The van der Waals surface area contributed by atoms with Crippen molar-refractivity contribution in [2.45, 2.75) is 46.6 Å². The van der Waals surface area contributed by atoms with Crippen LogP contribution in [0, 0.1) is 11.8 Å². The molecule has 0 aliphatic heterocycles. The van der Waals surface area contributed by atoms with Crippen LogP contribution in [0.2, 0.25) is 0 Å². The topological polar surface area (TPSA) is 20.3 Å². The Labute approximate surface area is 99.7 Å². The van der Waals surface area contributed by atoms with Crippen LogP contribution in [-0.4, -0.2) is 29.8 Å².